The van der Waals surface area contributed by atoms with Gasteiger partial charge in [0.05, 0.1) is 5.56 Å². The molecular weight excluding hydrogens is 262 g/mol. The van der Waals surface area contributed by atoms with Crippen LogP contribution in [0.5, 0.6) is 0 Å². The molecule has 1 aliphatic rings. The van der Waals surface area contributed by atoms with E-state index < -0.39 is 0 Å². The van der Waals surface area contributed by atoms with Gasteiger partial charge in [0.1, 0.15) is 5.82 Å². The van der Waals surface area contributed by atoms with E-state index in [-0.39, 0.29) is 5.91 Å². The largest absolute Gasteiger partial charge is 0.373 e. The quantitative estimate of drug-likeness (QED) is 0.941. The van der Waals surface area contributed by atoms with Crippen molar-refractivity contribution in [2.24, 2.45) is 0 Å². The number of benzene rings is 1. The van der Waals surface area contributed by atoms with Crippen LogP contribution in [-0.4, -0.2) is 35.9 Å². The van der Waals surface area contributed by atoms with E-state index in [4.69, 9.17) is 0 Å². The lowest BCUT2D eigenvalue weighted by Gasteiger charge is -2.16. The maximum Gasteiger partial charge on any atom is 0.255 e. The first-order valence-electron chi connectivity index (χ1n) is 7.26. The van der Waals surface area contributed by atoms with Gasteiger partial charge in [-0.3, -0.25) is 4.79 Å². The zero-order valence-electron chi connectivity index (χ0n) is 12.1. The van der Waals surface area contributed by atoms with Crippen LogP contribution in [0.3, 0.4) is 0 Å². The summed E-state index contributed by atoms with van der Waals surface area (Å²) >= 11 is 0. The highest BCUT2D eigenvalue weighted by Crippen LogP contribution is 2.27. The van der Waals surface area contributed by atoms with Crippen LogP contribution >= 0.6 is 0 Å². The summed E-state index contributed by atoms with van der Waals surface area (Å²) in [6.07, 6.45) is 2.67. The summed E-state index contributed by atoms with van der Waals surface area (Å²) in [6, 6.07) is 14.1. The molecule has 2 heterocycles. The van der Waals surface area contributed by atoms with Gasteiger partial charge in [-0.2, -0.15) is 0 Å². The van der Waals surface area contributed by atoms with Gasteiger partial charge in [-0.25, -0.2) is 4.98 Å². The number of likely N-dealkylation sites (tertiary alicyclic amines) is 1. The predicted molar refractivity (Wildman–Crippen MR) is 83.5 cm³/mol. The van der Waals surface area contributed by atoms with Crippen molar-refractivity contribution < 1.29 is 4.79 Å². The Kier molecular flexibility index (Phi) is 3.86. The van der Waals surface area contributed by atoms with Gasteiger partial charge in [-0.15, -0.1) is 0 Å². The number of amides is 1. The number of nitrogens with zero attached hydrogens (tertiary/aromatic N) is 2. The fourth-order valence-electron chi connectivity index (χ4n) is 2.79. The van der Waals surface area contributed by atoms with E-state index in [9.17, 15) is 4.79 Å². The number of hydrogen-bond donors (Lipinski definition) is 1. The number of carbonyl (C=O) groups is 1. The van der Waals surface area contributed by atoms with Crippen LogP contribution in [0.2, 0.25) is 0 Å². The first-order chi connectivity index (χ1) is 10.3. The lowest BCUT2D eigenvalue weighted by atomic mass is 9.99. The molecule has 1 saturated heterocycles. The van der Waals surface area contributed by atoms with Crippen LogP contribution in [0.4, 0.5) is 5.82 Å². The summed E-state index contributed by atoms with van der Waals surface area (Å²) in [5, 5.41) is 2.96. The van der Waals surface area contributed by atoms with Crippen molar-refractivity contribution >= 4 is 11.7 Å². The predicted octanol–water partition coefficient (Wildman–Crippen LogP) is 2.75. The molecule has 4 nitrogen and oxygen atoms in total. The lowest BCUT2D eigenvalue weighted by molar-refractivity contribution is 0.0790. The fraction of sp³-hybridized carbons (Fsp3) is 0.294. The molecule has 1 aromatic carbocycles. The molecule has 4 heteroatoms. The van der Waals surface area contributed by atoms with Crippen molar-refractivity contribution in [2.75, 3.05) is 25.5 Å². The van der Waals surface area contributed by atoms with Crippen LogP contribution in [-0.2, 0) is 0 Å². The standard InChI is InChI=1S/C17H19N3O/c1-18-16-8-7-14(11-19-16)17(21)20-10-9-15(12-20)13-5-3-2-4-6-13/h2-8,11,15H,9-10,12H2,1H3,(H,18,19). The average molecular weight is 281 g/mol. The fourth-order valence-corrected chi connectivity index (χ4v) is 2.79. The Labute approximate surface area is 124 Å². The second-order valence-electron chi connectivity index (χ2n) is 5.33. The van der Waals surface area contributed by atoms with Crippen molar-refractivity contribution in [3.05, 3.63) is 59.8 Å². The molecule has 21 heavy (non-hydrogen) atoms. The zero-order chi connectivity index (χ0) is 14.7. The molecule has 0 radical (unpaired) electrons. The highest BCUT2D eigenvalue weighted by atomic mass is 16.2. The van der Waals surface area contributed by atoms with Crippen molar-refractivity contribution in [2.45, 2.75) is 12.3 Å². The number of hydrogen-bond acceptors (Lipinski definition) is 3. The lowest BCUT2D eigenvalue weighted by Crippen LogP contribution is -2.28. The van der Waals surface area contributed by atoms with Crippen LogP contribution < -0.4 is 5.32 Å². The molecule has 0 aliphatic carbocycles. The topological polar surface area (TPSA) is 45.2 Å². The van der Waals surface area contributed by atoms with E-state index in [1.54, 1.807) is 6.20 Å². The molecule has 108 valence electrons. The number of carbonyl (C=O) groups excluding carboxylic acids is 1. The van der Waals surface area contributed by atoms with E-state index in [1.807, 2.05) is 30.1 Å². The first-order valence-corrected chi connectivity index (χ1v) is 7.26. The molecule has 1 amide bonds. The minimum atomic E-state index is 0.0728. The molecular formula is C17H19N3O. The SMILES string of the molecule is CNc1ccc(C(=O)N2CCC(c3ccccc3)C2)cn1. The summed E-state index contributed by atoms with van der Waals surface area (Å²) in [6.45, 7) is 1.60. The molecule has 3 rings (SSSR count). The Hall–Kier alpha value is -2.36. The number of pyridine rings is 1. The molecule has 2 aromatic rings. The molecule has 1 N–H and O–H groups in total. The van der Waals surface area contributed by atoms with E-state index in [2.05, 4.69) is 34.6 Å². The summed E-state index contributed by atoms with van der Waals surface area (Å²) < 4.78 is 0. The second kappa shape index (κ2) is 5.95. The van der Waals surface area contributed by atoms with E-state index in [0.717, 1.165) is 25.3 Å². The zero-order valence-corrected chi connectivity index (χ0v) is 12.1. The molecule has 1 aliphatic heterocycles. The molecule has 1 fully saturated rings. The second-order valence-corrected chi connectivity index (χ2v) is 5.33. The maximum atomic E-state index is 12.5. The average Bonchev–Trinajstić information content (AvgIpc) is 3.05. The normalized spacial score (nSPS) is 17.8. The summed E-state index contributed by atoms with van der Waals surface area (Å²) in [5.74, 6) is 1.29. The minimum Gasteiger partial charge on any atom is -0.373 e. The number of anilines is 1. The number of nitrogens with one attached hydrogen (secondary N) is 1. The van der Waals surface area contributed by atoms with Crippen molar-refractivity contribution in [1.29, 1.82) is 0 Å². The van der Waals surface area contributed by atoms with Crippen molar-refractivity contribution in [3.63, 3.8) is 0 Å². The molecule has 0 saturated carbocycles. The van der Waals surface area contributed by atoms with Gasteiger partial charge in [0, 0.05) is 32.3 Å². The van der Waals surface area contributed by atoms with Gasteiger partial charge in [-0.05, 0) is 24.1 Å². The first kappa shape index (κ1) is 13.6. The molecule has 1 atom stereocenters. The molecule has 1 unspecified atom stereocenters. The maximum absolute atomic E-state index is 12.5. The summed E-state index contributed by atoms with van der Waals surface area (Å²) in [4.78, 5) is 18.6. The Balaban J connectivity index is 1.69. The smallest absolute Gasteiger partial charge is 0.255 e. The van der Waals surface area contributed by atoms with Crippen LogP contribution in [0.15, 0.2) is 48.7 Å². The van der Waals surface area contributed by atoms with Crippen LogP contribution in [0.25, 0.3) is 0 Å². The molecule has 0 bridgehead atoms. The summed E-state index contributed by atoms with van der Waals surface area (Å²) in [5.41, 5.74) is 1.97. The van der Waals surface area contributed by atoms with E-state index in [0.29, 0.717) is 11.5 Å². The van der Waals surface area contributed by atoms with Gasteiger partial charge >= 0.3 is 0 Å². The van der Waals surface area contributed by atoms with Gasteiger partial charge in [0.15, 0.2) is 0 Å². The Bertz CT molecular complexity index is 610. The van der Waals surface area contributed by atoms with Crippen LogP contribution in [0.1, 0.15) is 28.3 Å². The Morgan fingerprint density at radius 1 is 1.24 bits per heavy atom. The highest BCUT2D eigenvalue weighted by Gasteiger charge is 2.27. The Morgan fingerprint density at radius 2 is 2.05 bits per heavy atom. The number of aromatic nitrogens is 1. The van der Waals surface area contributed by atoms with Gasteiger partial charge < -0.3 is 10.2 Å². The highest BCUT2D eigenvalue weighted by molar-refractivity contribution is 5.94. The van der Waals surface area contributed by atoms with Gasteiger partial charge in [0.25, 0.3) is 5.91 Å². The van der Waals surface area contributed by atoms with Crippen molar-refractivity contribution in [3.8, 4) is 0 Å². The Morgan fingerprint density at radius 3 is 2.71 bits per heavy atom. The van der Waals surface area contributed by atoms with Gasteiger partial charge in [0.2, 0.25) is 0 Å². The third-order valence-electron chi connectivity index (χ3n) is 4.01. The van der Waals surface area contributed by atoms with Gasteiger partial charge in [-0.1, -0.05) is 30.3 Å². The molecule has 1 aromatic heterocycles. The van der Waals surface area contributed by atoms with Crippen molar-refractivity contribution in [1.82, 2.24) is 9.88 Å². The molecule has 0 spiro atoms. The number of rotatable bonds is 3. The monoisotopic (exact) mass is 281 g/mol. The van der Waals surface area contributed by atoms with E-state index in [1.165, 1.54) is 5.56 Å². The third-order valence-corrected chi connectivity index (χ3v) is 4.01. The van der Waals surface area contributed by atoms with E-state index >= 15 is 0 Å². The van der Waals surface area contributed by atoms with Crippen LogP contribution in [0, 0.1) is 0 Å². The minimum absolute atomic E-state index is 0.0728. The third kappa shape index (κ3) is 2.89. The summed E-state index contributed by atoms with van der Waals surface area (Å²) in [7, 11) is 1.81.